The minimum Gasteiger partial charge on any atom is -0.483 e. The van der Waals surface area contributed by atoms with Gasteiger partial charge in [-0.25, -0.2) is 4.79 Å². The van der Waals surface area contributed by atoms with E-state index in [0.717, 1.165) is 5.01 Å². The Balaban J connectivity index is 0.00000180. The second-order valence-electron chi connectivity index (χ2n) is 3.71. The van der Waals surface area contributed by atoms with Gasteiger partial charge in [0.25, 0.3) is 0 Å². The molecule has 1 aromatic carbocycles. The summed E-state index contributed by atoms with van der Waals surface area (Å²) in [6.07, 6.45) is -0.0107. The number of rotatable bonds is 4. The monoisotopic (exact) mass is 266 g/mol. The molecule has 2 amide bonds. The third-order valence-corrected chi connectivity index (χ3v) is 2.50. The fraction of sp³-hybridized carbons (Fsp3) is 0.417. The maximum Gasteiger partial charge on any atom is 0.343 e. The first-order valence-corrected chi connectivity index (χ1v) is 5.49. The molecule has 1 heterocycles. The zero-order valence-electron chi connectivity index (χ0n) is 9.92. The molecule has 1 saturated heterocycles. The lowest BCUT2D eigenvalue weighted by Gasteiger charge is -2.28. The number of ether oxygens (including phenoxy) is 2. The highest BCUT2D eigenvalue weighted by Crippen LogP contribution is 2.30. The number of carbonyl (C=O) groups excluding carboxylic acids is 1. The molecule has 1 fully saturated rings. The molecule has 0 aliphatic carbocycles. The molecule has 7 nitrogen and oxygen atoms in total. The van der Waals surface area contributed by atoms with Crippen molar-refractivity contribution in [2.75, 3.05) is 25.3 Å². The predicted molar refractivity (Wildman–Crippen MR) is 70.5 cm³/mol. The number of carbonyl (C=O) groups is 1. The molecule has 104 valence electrons. The van der Waals surface area contributed by atoms with Crippen molar-refractivity contribution in [3.8, 4) is 5.75 Å². The highest BCUT2D eigenvalue weighted by molar-refractivity contribution is 5.92. The van der Waals surface area contributed by atoms with Gasteiger partial charge in [0.15, 0.2) is 0 Å². The molecule has 0 spiro atoms. The summed E-state index contributed by atoms with van der Waals surface area (Å²) in [6.45, 7) is 1.07. The van der Waals surface area contributed by atoms with Crippen LogP contribution < -0.4 is 15.1 Å². The van der Waals surface area contributed by atoms with E-state index < -0.39 is 6.03 Å². The average Bonchev–Trinajstić information content (AvgIpc) is 2.36. The summed E-state index contributed by atoms with van der Waals surface area (Å²) >= 11 is 0. The Labute approximate surface area is 112 Å². The molecule has 2 rings (SSSR count). The van der Waals surface area contributed by atoms with Crippen molar-refractivity contribution in [1.29, 1.82) is 5.53 Å². The lowest BCUT2D eigenvalue weighted by molar-refractivity contribution is -0.0794. The zero-order valence-corrected chi connectivity index (χ0v) is 9.92. The fourth-order valence-electron chi connectivity index (χ4n) is 1.51. The molecule has 0 bridgehead atoms. The Bertz CT molecular complexity index is 448. The first-order chi connectivity index (χ1) is 8.76. The van der Waals surface area contributed by atoms with Crippen molar-refractivity contribution in [2.45, 2.75) is 13.5 Å². The van der Waals surface area contributed by atoms with Crippen LogP contribution in [-0.4, -0.2) is 32.4 Å². The van der Waals surface area contributed by atoms with Gasteiger partial charge in [0, 0.05) is 7.05 Å². The second kappa shape index (κ2) is 6.69. The lowest BCUT2D eigenvalue weighted by atomic mass is 10.2. The van der Waals surface area contributed by atoms with E-state index in [0.29, 0.717) is 24.7 Å². The number of hydrogen-bond acceptors (Lipinski definition) is 5. The molecule has 1 aromatic rings. The van der Waals surface area contributed by atoms with Crippen LogP contribution in [0.15, 0.2) is 29.5 Å². The molecule has 7 heteroatoms. The van der Waals surface area contributed by atoms with Crippen LogP contribution >= 0.6 is 0 Å². The van der Waals surface area contributed by atoms with Crippen LogP contribution in [0.5, 0.6) is 5.75 Å². The molecular formula is C12H18N4O3. The van der Waals surface area contributed by atoms with Crippen LogP contribution in [0.4, 0.5) is 10.5 Å². The van der Waals surface area contributed by atoms with E-state index in [4.69, 9.17) is 15.0 Å². The minimum absolute atomic E-state index is 0. The molecule has 0 radical (unpaired) electrons. The van der Waals surface area contributed by atoms with Crippen LogP contribution in [0.25, 0.3) is 0 Å². The fourth-order valence-corrected chi connectivity index (χ4v) is 1.51. The Morgan fingerprint density at radius 2 is 2.21 bits per heavy atom. The quantitative estimate of drug-likeness (QED) is 0.647. The van der Waals surface area contributed by atoms with Gasteiger partial charge in [0.1, 0.15) is 17.5 Å². The van der Waals surface area contributed by atoms with Crippen molar-refractivity contribution in [3.63, 3.8) is 0 Å². The lowest BCUT2D eigenvalue weighted by Crippen LogP contribution is -2.39. The van der Waals surface area contributed by atoms with Crippen LogP contribution in [0.3, 0.4) is 0 Å². The number of benzene rings is 1. The van der Waals surface area contributed by atoms with Gasteiger partial charge in [0.2, 0.25) is 0 Å². The molecular weight excluding hydrogens is 248 g/mol. The Morgan fingerprint density at radius 3 is 2.74 bits per heavy atom. The van der Waals surface area contributed by atoms with Gasteiger partial charge >= 0.3 is 6.03 Å². The SMILES string of the molecule is C.CNC(=O)N(N=N)c1ccccc1OC1COC1. The van der Waals surface area contributed by atoms with Crippen molar-refractivity contribution in [1.82, 2.24) is 5.32 Å². The van der Waals surface area contributed by atoms with Crippen molar-refractivity contribution >= 4 is 11.7 Å². The second-order valence-corrected chi connectivity index (χ2v) is 3.71. The third-order valence-electron chi connectivity index (χ3n) is 2.50. The van der Waals surface area contributed by atoms with Crippen LogP contribution in [0.1, 0.15) is 7.43 Å². The van der Waals surface area contributed by atoms with Crippen molar-refractivity contribution in [2.24, 2.45) is 5.22 Å². The Hall–Kier alpha value is -2.15. The number of nitrogens with zero attached hydrogens (tertiary/aromatic N) is 2. The summed E-state index contributed by atoms with van der Waals surface area (Å²) in [7, 11) is 1.48. The summed E-state index contributed by atoms with van der Waals surface area (Å²) in [4.78, 5) is 11.6. The maximum atomic E-state index is 11.6. The molecule has 1 aliphatic heterocycles. The van der Waals surface area contributed by atoms with E-state index >= 15 is 0 Å². The summed E-state index contributed by atoms with van der Waals surface area (Å²) in [5.41, 5.74) is 7.51. The number of nitrogens with one attached hydrogen (secondary N) is 2. The van der Waals surface area contributed by atoms with Gasteiger partial charge < -0.3 is 14.8 Å². The van der Waals surface area contributed by atoms with Gasteiger partial charge in [0.05, 0.1) is 13.2 Å². The summed E-state index contributed by atoms with van der Waals surface area (Å²) < 4.78 is 10.7. The average molecular weight is 266 g/mol. The van der Waals surface area contributed by atoms with E-state index in [1.165, 1.54) is 7.05 Å². The number of hydrogen-bond donors (Lipinski definition) is 2. The number of anilines is 1. The molecule has 0 saturated carbocycles. The first kappa shape index (κ1) is 14.9. The molecule has 0 aromatic heterocycles. The number of urea groups is 1. The predicted octanol–water partition coefficient (Wildman–Crippen LogP) is 2.19. The van der Waals surface area contributed by atoms with Gasteiger partial charge in [-0.1, -0.05) is 24.8 Å². The van der Waals surface area contributed by atoms with Gasteiger partial charge in [-0.15, -0.1) is 0 Å². The van der Waals surface area contributed by atoms with Gasteiger partial charge in [-0.05, 0) is 12.1 Å². The number of amides is 2. The maximum absolute atomic E-state index is 11.6. The smallest absolute Gasteiger partial charge is 0.343 e. The third kappa shape index (κ3) is 3.19. The van der Waals surface area contributed by atoms with E-state index in [1.807, 2.05) is 0 Å². The molecule has 0 unspecified atom stereocenters. The normalized spacial score (nSPS) is 13.7. The molecule has 0 atom stereocenters. The van der Waals surface area contributed by atoms with Crippen LogP contribution in [-0.2, 0) is 4.74 Å². The van der Waals surface area contributed by atoms with Crippen molar-refractivity contribution in [3.05, 3.63) is 24.3 Å². The van der Waals surface area contributed by atoms with E-state index in [1.54, 1.807) is 24.3 Å². The topological polar surface area (TPSA) is 87.0 Å². The molecule has 19 heavy (non-hydrogen) atoms. The highest BCUT2D eigenvalue weighted by atomic mass is 16.6. The Kier molecular flexibility index (Phi) is 5.25. The zero-order chi connectivity index (χ0) is 13.0. The molecule has 1 aliphatic rings. The largest absolute Gasteiger partial charge is 0.483 e. The minimum atomic E-state index is -0.495. The van der Waals surface area contributed by atoms with E-state index in [-0.39, 0.29) is 13.5 Å². The summed E-state index contributed by atoms with van der Waals surface area (Å²) in [6, 6.07) is 6.45. The summed E-state index contributed by atoms with van der Waals surface area (Å²) in [5, 5.41) is 6.56. The van der Waals surface area contributed by atoms with Gasteiger partial charge in [-0.2, -0.15) is 10.5 Å². The first-order valence-electron chi connectivity index (χ1n) is 5.49. The molecule has 2 N–H and O–H groups in total. The van der Waals surface area contributed by atoms with Gasteiger partial charge in [-0.3, -0.25) is 0 Å². The standard InChI is InChI=1S/C11H14N4O3.CH4/c1-13-11(16)15(14-12)9-4-2-3-5-10(9)18-8-6-17-7-8;/h2-5,8,12H,6-7H2,1H3,(H,13,16);1H4. The Morgan fingerprint density at radius 1 is 1.53 bits per heavy atom. The number of para-hydroxylation sites is 2. The van der Waals surface area contributed by atoms with Crippen LogP contribution in [0.2, 0.25) is 0 Å². The van der Waals surface area contributed by atoms with E-state index in [2.05, 4.69) is 10.5 Å². The highest BCUT2D eigenvalue weighted by Gasteiger charge is 2.24. The van der Waals surface area contributed by atoms with Crippen molar-refractivity contribution < 1.29 is 14.3 Å². The van der Waals surface area contributed by atoms with E-state index in [9.17, 15) is 4.79 Å². The summed E-state index contributed by atoms with van der Waals surface area (Å²) in [5.74, 6) is 0.505. The van der Waals surface area contributed by atoms with Crippen LogP contribution in [0, 0.1) is 5.53 Å².